The highest BCUT2D eigenvalue weighted by Gasteiger charge is 2.34. The second-order valence-corrected chi connectivity index (χ2v) is 5.73. The molecule has 2 aromatic heterocycles. The smallest absolute Gasteiger partial charge is 0.261 e. The van der Waals surface area contributed by atoms with Gasteiger partial charge in [-0.3, -0.25) is 9.59 Å². The quantitative estimate of drug-likeness (QED) is 0.484. The van der Waals surface area contributed by atoms with Crippen molar-refractivity contribution in [1.82, 2.24) is 20.6 Å². The fourth-order valence-corrected chi connectivity index (χ4v) is 2.83. The lowest BCUT2D eigenvalue weighted by Crippen LogP contribution is -2.38. The van der Waals surface area contributed by atoms with Crippen LogP contribution in [0.2, 0.25) is 0 Å². The van der Waals surface area contributed by atoms with Gasteiger partial charge in [-0.1, -0.05) is 0 Å². The zero-order valence-electron chi connectivity index (χ0n) is 13.8. The third-order valence-corrected chi connectivity index (χ3v) is 4.20. The molecule has 2 aliphatic heterocycles. The summed E-state index contributed by atoms with van der Waals surface area (Å²) in [5.41, 5.74) is -0.319. The molecule has 138 valence electrons. The maximum atomic E-state index is 12.7. The number of carbonyl (C=O) groups excluding carboxylic acids is 2. The van der Waals surface area contributed by atoms with Crippen LogP contribution in [0.5, 0.6) is 0 Å². The highest BCUT2D eigenvalue weighted by atomic mass is 16.6. The summed E-state index contributed by atoms with van der Waals surface area (Å²) in [4.78, 5) is 28.9. The number of hydrogen-bond acceptors (Lipinski definition) is 12. The van der Waals surface area contributed by atoms with Crippen molar-refractivity contribution in [2.45, 2.75) is 0 Å². The first-order chi connectivity index (χ1) is 12.8. The summed E-state index contributed by atoms with van der Waals surface area (Å²) in [5, 5.41) is 14.7. The Morgan fingerprint density at radius 1 is 0.654 bits per heavy atom. The van der Waals surface area contributed by atoms with Crippen molar-refractivity contribution in [3.8, 4) is 0 Å². The number of morpholine rings is 2. The molecule has 0 atom stereocenters. The monoisotopic (exact) mass is 364 g/mol. The third-order valence-electron chi connectivity index (χ3n) is 4.20. The van der Waals surface area contributed by atoms with Crippen molar-refractivity contribution in [3.05, 3.63) is 11.4 Å². The van der Waals surface area contributed by atoms with Crippen molar-refractivity contribution >= 4 is 23.2 Å². The molecule has 2 aromatic rings. The van der Waals surface area contributed by atoms with Crippen LogP contribution >= 0.6 is 0 Å². The number of ketones is 2. The van der Waals surface area contributed by atoms with E-state index in [0.717, 1.165) is 0 Å². The van der Waals surface area contributed by atoms with E-state index < -0.39 is 11.6 Å². The largest absolute Gasteiger partial charge is 0.378 e. The predicted octanol–water partition coefficient (Wildman–Crippen LogP) is -0.809. The molecule has 0 unspecified atom stereocenters. The molecule has 2 aliphatic rings. The van der Waals surface area contributed by atoms with Crippen molar-refractivity contribution < 1.29 is 28.3 Å². The molecule has 0 saturated carbocycles. The number of ether oxygens (including phenoxy) is 2. The molecule has 26 heavy (non-hydrogen) atoms. The Kier molecular flexibility index (Phi) is 4.58. The molecule has 2 saturated heterocycles. The molecule has 0 aromatic carbocycles. The Morgan fingerprint density at radius 2 is 1.04 bits per heavy atom. The highest BCUT2D eigenvalue weighted by molar-refractivity contribution is 6.49. The van der Waals surface area contributed by atoms with E-state index in [0.29, 0.717) is 52.6 Å². The molecule has 0 spiro atoms. The van der Waals surface area contributed by atoms with Crippen molar-refractivity contribution in [1.29, 1.82) is 0 Å². The zero-order chi connectivity index (χ0) is 17.9. The molecule has 12 heteroatoms. The van der Waals surface area contributed by atoms with E-state index in [1.54, 1.807) is 9.80 Å². The van der Waals surface area contributed by atoms with E-state index in [1.165, 1.54) is 0 Å². The molecule has 4 heterocycles. The number of carbonyl (C=O) groups is 2. The van der Waals surface area contributed by atoms with Gasteiger partial charge in [-0.25, -0.2) is 9.26 Å². The maximum Gasteiger partial charge on any atom is 0.261 e. The van der Waals surface area contributed by atoms with Crippen molar-refractivity contribution in [3.63, 3.8) is 0 Å². The van der Waals surface area contributed by atoms with Gasteiger partial charge in [-0.15, -0.1) is 0 Å². The first kappa shape index (κ1) is 16.6. The van der Waals surface area contributed by atoms with Crippen LogP contribution in [0.4, 0.5) is 11.6 Å². The minimum absolute atomic E-state index is 0.159. The summed E-state index contributed by atoms with van der Waals surface area (Å²) in [6.45, 7) is 4.04. The van der Waals surface area contributed by atoms with Crippen LogP contribution < -0.4 is 9.80 Å². The molecule has 2 fully saturated rings. The number of nitrogens with zero attached hydrogens (tertiary/aromatic N) is 6. The van der Waals surface area contributed by atoms with Gasteiger partial charge in [0.25, 0.3) is 11.6 Å². The van der Waals surface area contributed by atoms with E-state index >= 15 is 0 Å². The van der Waals surface area contributed by atoms with Crippen molar-refractivity contribution in [2.24, 2.45) is 0 Å². The highest BCUT2D eigenvalue weighted by Crippen LogP contribution is 2.22. The van der Waals surface area contributed by atoms with Gasteiger partial charge in [-0.05, 0) is 20.6 Å². The Bertz CT molecular complexity index is 725. The lowest BCUT2D eigenvalue weighted by molar-refractivity contribution is 0.0805. The topological polar surface area (TPSA) is 137 Å². The lowest BCUT2D eigenvalue weighted by atomic mass is 10.1. The summed E-state index contributed by atoms with van der Waals surface area (Å²) in [6, 6.07) is 0. The molecular weight excluding hydrogens is 348 g/mol. The average molecular weight is 364 g/mol. The fraction of sp³-hybridized carbons (Fsp3) is 0.571. The first-order valence-electron chi connectivity index (χ1n) is 8.15. The minimum atomic E-state index is -0.877. The second-order valence-electron chi connectivity index (χ2n) is 5.73. The second kappa shape index (κ2) is 7.17. The Balaban J connectivity index is 1.57. The average Bonchev–Trinajstić information content (AvgIpc) is 3.38. The molecule has 0 N–H and O–H groups in total. The van der Waals surface area contributed by atoms with Gasteiger partial charge in [0.1, 0.15) is 0 Å². The SMILES string of the molecule is O=C(C(=O)c1nonc1N1CCOCC1)c1nonc1N1CCOCC1. The molecule has 0 aliphatic carbocycles. The summed E-state index contributed by atoms with van der Waals surface area (Å²) >= 11 is 0. The van der Waals surface area contributed by atoms with Crippen LogP contribution in [0, 0.1) is 0 Å². The van der Waals surface area contributed by atoms with Crippen LogP contribution in [-0.2, 0) is 9.47 Å². The first-order valence-corrected chi connectivity index (χ1v) is 8.15. The summed E-state index contributed by atoms with van der Waals surface area (Å²) in [5.74, 6) is -1.32. The molecular formula is C14H16N6O6. The Labute approximate surface area is 146 Å². The normalized spacial score (nSPS) is 18.2. The predicted molar refractivity (Wildman–Crippen MR) is 83.3 cm³/mol. The maximum absolute atomic E-state index is 12.7. The van der Waals surface area contributed by atoms with Gasteiger partial charge in [0.15, 0.2) is 0 Å². The molecule has 0 radical (unpaired) electrons. The standard InChI is InChI=1S/C14H16N6O6/c21-11(9-13(17-25-15-9)19-1-5-23-6-2-19)12(22)10-14(18-26-16-10)20-3-7-24-8-4-20/h1-8H2. The Morgan fingerprint density at radius 3 is 1.42 bits per heavy atom. The summed E-state index contributed by atoms with van der Waals surface area (Å²) in [7, 11) is 0. The van der Waals surface area contributed by atoms with E-state index in [9.17, 15) is 9.59 Å². The fourth-order valence-electron chi connectivity index (χ4n) is 2.83. The van der Waals surface area contributed by atoms with Gasteiger partial charge in [0, 0.05) is 26.2 Å². The van der Waals surface area contributed by atoms with Gasteiger partial charge in [0.05, 0.1) is 26.4 Å². The zero-order valence-corrected chi connectivity index (χ0v) is 13.8. The van der Waals surface area contributed by atoms with Crippen LogP contribution in [0.15, 0.2) is 9.26 Å². The molecule has 12 nitrogen and oxygen atoms in total. The van der Waals surface area contributed by atoms with Crippen LogP contribution in [-0.4, -0.2) is 84.8 Å². The summed E-state index contributed by atoms with van der Waals surface area (Å²) in [6.07, 6.45) is 0. The number of anilines is 2. The number of aromatic nitrogens is 4. The number of rotatable bonds is 5. The Hall–Kier alpha value is -2.86. The van der Waals surface area contributed by atoms with Gasteiger partial charge >= 0.3 is 0 Å². The lowest BCUT2D eigenvalue weighted by Gasteiger charge is -2.26. The van der Waals surface area contributed by atoms with Gasteiger partial charge in [-0.2, -0.15) is 0 Å². The number of Topliss-reactive ketones (excluding diaryl/α,β-unsaturated/α-hetero) is 2. The minimum Gasteiger partial charge on any atom is -0.378 e. The van der Waals surface area contributed by atoms with E-state index in [2.05, 4.69) is 20.6 Å². The number of hydrogen-bond donors (Lipinski definition) is 0. The van der Waals surface area contributed by atoms with Gasteiger partial charge in [0.2, 0.25) is 23.0 Å². The van der Waals surface area contributed by atoms with Crippen molar-refractivity contribution in [2.75, 3.05) is 62.4 Å². The molecule has 4 rings (SSSR count). The van der Waals surface area contributed by atoms with E-state index in [-0.39, 0.29) is 23.0 Å². The molecule has 0 amide bonds. The van der Waals surface area contributed by atoms with E-state index in [4.69, 9.17) is 18.7 Å². The van der Waals surface area contributed by atoms with E-state index in [1.807, 2.05) is 0 Å². The van der Waals surface area contributed by atoms with Crippen LogP contribution in [0.1, 0.15) is 21.0 Å². The van der Waals surface area contributed by atoms with Gasteiger partial charge < -0.3 is 19.3 Å². The molecule has 0 bridgehead atoms. The third kappa shape index (κ3) is 3.04. The van der Waals surface area contributed by atoms with Crippen LogP contribution in [0.25, 0.3) is 0 Å². The van der Waals surface area contributed by atoms with Crippen LogP contribution in [0.3, 0.4) is 0 Å². The summed E-state index contributed by atoms with van der Waals surface area (Å²) < 4.78 is 19.9.